The summed E-state index contributed by atoms with van der Waals surface area (Å²) in [6, 6.07) is 0.579. The zero-order chi connectivity index (χ0) is 14.4. The highest BCUT2D eigenvalue weighted by Gasteiger charge is 2.25. The first kappa shape index (κ1) is 15.6. The number of nitrogens with zero attached hydrogens (tertiary/aromatic N) is 2. The molecule has 2 aliphatic heterocycles. The molecule has 0 saturated carbocycles. The Balaban J connectivity index is 1.72. The van der Waals surface area contributed by atoms with Crippen LogP contribution < -0.4 is 5.32 Å². The summed E-state index contributed by atoms with van der Waals surface area (Å²) in [4.78, 5) is 16.5. The van der Waals surface area contributed by atoms with E-state index < -0.39 is 0 Å². The van der Waals surface area contributed by atoms with E-state index in [1.165, 1.54) is 25.8 Å². The van der Waals surface area contributed by atoms with E-state index in [0.29, 0.717) is 12.0 Å². The molecule has 2 fully saturated rings. The topological polar surface area (TPSA) is 55.8 Å². The van der Waals surface area contributed by atoms with Gasteiger partial charge in [-0.25, -0.2) is 4.79 Å². The molecule has 2 aliphatic rings. The number of likely N-dealkylation sites (N-methyl/N-ethyl adjacent to an activating group) is 1. The minimum Gasteiger partial charge on any atom is -0.396 e. The van der Waals surface area contributed by atoms with Gasteiger partial charge in [0.15, 0.2) is 0 Å². The number of carbonyl (C=O) groups excluding carboxylic acids is 1. The van der Waals surface area contributed by atoms with Crippen molar-refractivity contribution in [1.82, 2.24) is 15.1 Å². The standard InChI is InChI=1S/C15H29N3O2/c1-2-17-8-4-3-5-14(17)11-16-15(20)18-9-6-13(12-19)7-10-18/h13-14,19H,2-12H2,1H3,(H,16,20). The molecular weight excluding hydrogens is 254 g/mol. The Kier molecular flexibility index (Phi) is 6.10. The van der Waals surface area contributed by atoms with Gasteiger partial charge in [-0.3, -0.25) is 4.90 Å². The fraction of sp³-hybridized carbons (Fsp3) is 0.933. The van der Waals surface area contributed by atoms with Crippen molar-refractivity contribution in [1.29, 1.82) is 0 Å². The van der Waals surface area contributed by atoms with E-state index in [1.807, 2.05) is 4.90 Å². The summed E-state index contributed by atoms with van der Waals surface area (Å²) in [6.07, 6.45) is 5.61. The molecule has 116 valence electrons. The van der Waals surface area contributed by atoms with Crippen molar-refractivity contribution < 1.29 is 9.90 Å². The number of carbonyl (C=O) groups is 1. The second-order valence-electron chi connectivity index (χ2n) is 6.08. The van der Waals surface area contributed by atoms with Crippen molar-refractivity contribution in [3.8, 4) is 0 Å². The Morgan fingerprint density at radius 1 is 1.20 bits per heavy atom. The van der Waals surface area contributed by atoms with Gasteiger partial charge in [0.25, 0.3) is 0 Å². The van der Waals surface area contributed by atoms with Crippen LogP contribution in [0.5, 0.6) is 0 Å². The van der Waals surface area contributed by atoms with Crippen LogP contribution in [-0.4, -0.2) is 66.3 Å². The molecule has 2 saturated heterocycles. The fourth-order valence-corrected chi connectivity index (χ4v) is 3.34. The summed E-state index contributed by atoms with van der Waals surface area (Å²) in [6.45, 7) is 7.01. The predicted molar refractivity (Wildman–Crippen MR) is 79.7 cm³/mol. The van der Waals surface area contributed by atoms with Crippen LogP contribution in [0.2, 0.25) is 0 Å². The number of aliphatic hydroxyl groups is 1. The maximum Gasteiger partial charge on any atom is 0.317 e. The van der Waals surface area contributed by atoms with Crippen LogP contribution in [0.25, 0.3) is 0 Å². The second kappa shape index (κ2) is 7.84. The molecular formula is C15H29N3O2. The molecule has 5 nitrogen and oxygen atoms in total. The number of hydrogen-bond acceptors (Lipinski definition) is 3. The number of hydrogen-bond donors (Lipinski definition) is 2. The zero-order valence-corrected chi connectivity index (χ0v) is 12.7. The molecule has 1 unspecified atom stereocenters. The highest BCUT2D eigenvalue weighted by atomic mass is 16.3. The fourth-order valence-electron chi connectivity index (χ4n) is 3.34. The maximum absolute atomic E-state index is 12.2. The first-order valence-electron chi connectivity index (χ1n) is 8.12. The summed E-state index contributed by atoms with van der Waals surface area (Å²) in [5, 5.41) is 12.2. The lowest BCUT2D eigenvalue weighted by molar-refractivity contribution is 0.128. The van der Waals surface area contributed by atoms with Gasteiger partial charge in [0.05, 0.1) is 0 Å². The van der Waals surface area contributed by atoms with Crippen LogP contribution in [0.1, 0.15) is 39.0 Å². The minimum absolute atomic E-state index is 0.0722. The number of nitrogens with one attached hydrogen (secondary N) is 1. The van der Waals surface area contributed by atoms with Crippen molar-refractivity contribution in [2.45, 2.75) is 45.1 Å². The van der Waals surface area contributed by atoms with Crippen LogP contribution in [0.4, 0.5) is 4.79 Å². The second-order valence-corrected chi connectivity index (χ2v) is 6.08. The van der Waals surface area contributed by atoms with E-state index in [1.54, 1.807) is 0 Å². The van der Waals surface area contributed by atoms with E-state index in [2.05, 4.69) is 17.1 Å². The summed E-state index contributed by atoms with van der Waals surface area (Å²) in [5.74, 6) is 0.382. The van der Waals surface area contributed by atoms with Gasteiger partial charge in [-0.2, -0.15) is 0 Å². The molecule has 0 aromatic rings. The van der Waals surface area contributed by atoms with E-state index in [4.69, 9.17) is 5.11 Å². The molecule has 2 amide bonds. The molecule has 0 aliphatic carbocycles. The third-order valence-corrected chi connectivity index (χ3v) is 4.80. The van der Waals surface area contributed by atoms with Crippen molar-refractivity contribution in [3.63, 3.8) is 0 Å². The Morgan fingerprint density at radius 3 is 2.60 bits per heavy atom. The van der Waals surface area contributed by atoms with Crippen LogP contribution in [0, 0.1) is 5.92 Å². The molecule has 20 heavy (non-hydrogen) atoms. The molecule has 0 aromatic carbocycles. The molecule has 0 radical (unpaired) electrons. The van der Waals surface area contributed by atoms with Crippen molar-refractivity contribution in [2.75, 3.05) is 39.3 Å². The lowest BCUT2D eigenvalue weighted by atomic mass is 9.98. The van der Waals surface area contributed by atoms with Crippen LogP contribution >= 0.6 is 0 Å². The quantitative estimate of drug-likeness (QED) is 0.817. The number of urea groups is 1. The third-order valence-electron chi connectivity index (χ3n) is 4.80. The van der Waals surface area contributed by atoms with Crippen molar-refractivity contribution in [2.24, 2.45) is 5.92 Å². The number of aliphatic hydroxyl groups excluding tert-OH is 1. The molecule has 0 aromatic heterocycles. The van der Waals surface area contributed by atoms with Gasteiger partial charge in [-0.15, -0.1) is 0 Å². The van der Waals surface area contributed by atoms with E-state index >= 15 is 0 Å². The predicted octanol–water partition coefficient (Wildman–Crippen LogP) is 1.27. The van der Waals surface area contributed by atoms with Gasteiger partial charge in [-0.05, 0) is 44.7 Å². The summed E-state index contributed by atoms with van der Waals surface area (Å²) in [5.41, 5.74) is 0. The largest absolute Gasteiger partial charge is 0.396 e. The minimum atomic E-state index is 0.0722. The highest BCUT2D eigenvalue weighted by molar-refractivity contribution is 5.74. The first-order chi connectivity index (χ1) is 9.74. The highest BCUT2D eigenvalue weighted by Crippen LogP contribution is 2.17. The number of piperidine rings is 2. The van der Waals surface area contributed by atoms with Gasteiger partial charge in [-0.1, -0.05) is 13.3 Å². The number of rotatable bonds is 4. The normalized spacial score (nSPS) is 25.7. The van der Waals surface area contributed by atoms with Crippen molar-refractivity contribution in [3.05, 3.63) is 0 Å². The smallest absolute Gasteiger partial charge is 0.317 e. The average molecular weight is 283 g/mol. The SMILES string of the molecule is CCN1CCCCC1CNC(=O)N1CCC(CO)CC1. The molecule has 2 rings (SSSR count). The molecule has 0 spiro atoms. The number of likely N-dealkylation sites (tertiary alicyclic amines) is 2. The summed E-state index contributed by atoms with van der Waals surface area (Å²) >= 11 is 0. The lowest BCUT2D eigenvalue weighted by Crippen LogP contribution is -2.50. The van der Waals surface area contributed by atoms with Crippen molar-refractivity contribution >= 4 is 6.03 Å². The summed E-state index contributed by atoms with van der Waals surface area (Å²) in [7, 11) is 0. The zero-order valence-electron chi connectivity index (χ0n) is 12.7. The summed E-state index contributed by atoms with van der Waals surface area (Å²) < 4.78 is 0. The molecule has 5 heteroatoms. The van der Waals surface area contributed by atoms with Gasteiger partial charge in [0.2, 0.25) is 0 Å². The third kappa shape index (κ3) is 4.09. The van der Waals surface area contributed by atoms with Crippen LogP contribution in [-0.2, 0) is 0 Å². The Morgan fingerprint density at radius 2 is 1.95 bits per heavy atom. The Labute approximate surface area is 122 Å². The monoisotopic (exact) mass is 283 g/mol. The van der Waals surface area contributed by atoms with Gasteiger partial charge in [0, 0.05) is 32.3 Å². The Bertz CT molecular complexity index is 303. The van der Waals surface area contributed by atoms with E-state index in [-0.39, 0.29) is 12.6 Å². The van der Waals surface area contributed by atoms with Gasteiger partial charge < -0.3 is 15.3 Å². The molecule has 2 heterocycles. The van der Waals surface area contributed by atoms with Gasteiger partial charge in [0.1, 0.15) is 0 Å². The van der Waals surface area contributed by atoms with Crippen LogP contribution in [0.3, 0.4) is 0 Å². The Hall–Kier alpha value is -0.810. The lowest BCUT2D eigenvalue weighted by Gasteiger charge is -2.36. The average Bonchev–Trinajstić information content (AvgIpc) is 2.53. The van der Waals surface area contributed by atoms with E-state index in [9.17, 15) is 4.79 Å². The molecule has 1 atom stereocenters. The molecule has 2 N–H and O–H groups in total. The molecule has 0 bridgehead atoms. The first-order valence-corrected chi connectivity index (χ1v) is 8.12. The van der Waals surface area contributed by atoms with E-state index in [0.717, 1.165) is 39.0 Å². The van der Waals surface area contributed by atoms with Crippen LogP contribution in [0.15, 0.2) is 0 Å². The number of amides is 2. The van der Waals surface area contributed by atoms with Gasteiger partial charge >= 0.3 is 6.03 Å². The maximum atomic E-state index is 12.2.